The smallest absolute Gasteiger partial charge is 0.244 e. The number of carbonyl (C=O) groups excluding carboxylic acids is 2. The summed E-state index contributed by atoms with van der Waals surface area (Å²) in [5.74, 6) is -0.705. The van der Waals surface area contributed by atoms with Gasteiger partial charge < -0.3 is 10.2 Å². The lowest BCUT2D eigenvalue weighted by molar-refractivity contribution is -0.141. The number of amides is 2. The minimum absolute atomic E-state index is 0.00352. The molecule has 1 aromatic carbocycles. The Kier molecular flexibility index (Phi) is 5.75. The molecule has 1 aromatic rings. The van der Waals surface area contributed by atoms with Crippen LogP contribution in [0.1, 0.15) is 32.1 Å². The van der Waals surface area contributed by atoms with Crippen molar-refractivity contribution in [3.8, 4) is 6.07 Å². The normalized spacial score (nSPS) is 27.6. The molecule has 1 N–H and O–H groups in total. The quantitative estimate of drug-likeness (QED) is 0.704. The van der Waals surface area contributed by atoms with Crippen molar-refractivity contribution in [3.63, 3.8) is 0 Å². The molecule has 0 bridgehead atoms. The highest BCUT2D eigenvalue weighted by Crippen LogP contribution is 2.37. The van der Waals surface area contributed by atoms with E-state index in [1.165, 1.54) is 17.0 Å². The number of nitriles is 1. The molecule has 1 saturated carbocycles. The molecular formula is C21H25ClN4O4S. The summed E-state index contributed by atoms with van der Waals surface area (Å²) in [5.41, 5.74) is -0.893. The highest BCUT2D eigenvalue weighted by atomic mass is 35.5. The summed E-state index contributed by atoms with van der Waals surface area (Å²) < 4.78 is 26.6. The van der Waals surface area contributed by atoms with Gasteiger partial charge in [-0.05, 0) is 57.8 Å². The van der Waals surface area contributed by atoms with Crippen molar-refractivity contribution in [1.82, 2.24) is 15.1 Å². The molecule has 0 radical (unpaired) electrons. The van der Waals surface area contributed by atoms with Gasteiger partial charge in [0.15, 0.2) is 9.84 Å². The van der Waals surface area contributed by atoms with Gasteiger partial charge in [0.05, 0.1) is 27.3 Å². The van der Waals surface area contributed by atoms with E-state index in [1.54, 1.807) is 12.1 Å². The van der Waals surface area contributed by atoms with Crippen molar-refractivity contribution in [2.45, 2.75) is 59.9 Å². The molecule has 2 amide bonds. The van der Waals surface area contributed by atoms with Gasteiger partial charge in [-0.15, -0.1) is 0 Å². The zero-order valence-electron chi connectivity index (χ0n) is 17.3. The van der Waals surface area contributed by atoms with Crippen molar-refractivity contribution in [3.05, 3.63) is 29.3 Å². The Bertz CT molecular complexity index is 1050. The summed E-state index contributed by atoms with van der Waals surface area (Å²) in [5, 5.41) is 11.2. The lowest BCUT2D eigenvalue weighted by atomic mass is 10.1. The van der Waals surface area contributed by atoms with E-state index in [0.29, 0.717) is 19.3 Å². The van der Waals surface area contributed by atoms with E-state index in [4.69, 9.17) is 11.6 Å². The largest absolute Gasteiger partial charge is 0.336 e. The summed E-state index contributed by atoms with van der Waals surface area (Å²) in [7, 11) is -2.00. The molecule has 4 rings (SSSR count). The molecular weight excluding hydrogens is 440 g/mol. The molecule has 0 aromatic heterocycles. The number of benzene rings is 1. The molecule has 8 nitrogen and oxygen atoms in total. The van der Waals surface area contributed by atoms with Crippen LogP contribution in [-0.2, 0) is 19.4 Å². The first-order chi connectivity index (χ1) is 14.7. The number of nitrogens with zero attached hydrogens (tertiary/aromatic N) is 3. The fourth-order valence-corrected chi connectivity index (χ4v) is 6.71. The Morgan fingerprint density at radius 1 is 1.26 bits per heavy atom. The molecule has 31 heavy (non-hydrogen) atoms. The third-order valence-electron chi connectivity index (χ3n) is 6.56. The molecule has 2 aliphatic heterocycles. The average Bonchev–Trinajstić information content (AvgIpc) is 3.15. The molecule has 3 fully saturated rings. The van der Waals surface area contributed by atoms with Crippen LogP contribution >= 0.6 is 11.6 Å². The number of nitrogens with one attached hydrogen (secondary N) is 1. The van der Waals surface area contributed by atoms with Crippen LogP contribution in [0.4, 0.5) is 0 Å². The first-order valence-electron chi connectivity index (χ1n) is 10.4. The van der Waals surface area contributed by atoms with E-state index in [-0.39, 0.29) is 34.8 Å². The zero-order valence-corrected chi connectivity index (χ0v) is 18.8. The third kappa shape index (κ3) is 4.04. The van der Waals surface area contributed by atoms with Crippen LogP contribution in [0.3, 0.4) is 0 Å². The lowest BCUT2D eigenvalue weighted by Gasteiger charge is -2.29. The van der Waals surface area contributed by atoms with E-state index in [2.05, 4.69) is 11.4 Å². The van der Waals surface area contributed by atoms with Gasteiger partial charge in [-0.3, -0.25) is 14.5 Å². The highest BCUT2D eigenvalue weighted by molar-refractivity contribution is 7.92. The van der Waals surface area contributed by atoms with Crippen LogP contribution in [0, 0.1) is 11.3 Å². The predicted molar refractivity (Wildman–Crippen MR) is 114 cm³/mol. The van der Waals surface area contributed by atoms with Crippen LogP contribution in [0.5, 0.6) is 0 Å². The van der Waals surface area contributed by atoms with Gasteiger partial charge in [0, 0.05) is 6.54 Å². The molecule has 3 aliphatic rings. The van der Waals surface area contributed by atoms with E-state index in [9.17, 15) is 23.3 Å². The van der Waals surface area contributed by atoms with Crippen molar-refractivity contribution >= 4 is 33.3 Å². The van der Waals surface area contributed by atoms with Gasteiger partial charge in [0.25, 0.3) is 0 Å². The maximum Gasteiger partial charge on any atom is 0.244 e. The number of halogens is 1. The van der Waals surface area contributed by atoms with Crippen molar-refractivity contribution in [2.24, 2.45) is 0 Å². The topological polar surface area (TPSA) is 111 Å². The zero-order chi connectivity index (χ0) is 22.4. The average molecular weight is 465 g/mol. The van der Waals surface area contributed by atoms with Crippen LogP contribution < -0.4 is 5.32 Å². The minimum atomic E-state index is -3.86. The number of carbonyl (C=O) groups is 2. The van der Waals surface area contributed by atoms with Crippen LogP contribution in [0.25, 0.3) is 0 Å². The second kappa shape index (κ2) is 8.08. The van der Waals surface area contributed by atoms with Crippen molar-refractivity contribution < 1.29 is 18.0 Å². The predicted octanol–water partition coefficient (Wildman–Crippen LogP) is 1.35. The highest BCUT2D eigenvalue weighted by Gasteiger charge is 2.51. The SMILES string of the molecule is CN1CCC[C@H]1C(=O)N1CC(S(=O)(=O)c2ccccc2Cl)C[C@@H]1C(=O)NC1(C#N)CC1. The number of hydrogen-bond acceptors (Lipinski definition) is 6. The van der Waals surface area contributed by atoms with Crippen LogP contribution in [0.15, 0.2) is 29.2 Å². The van der Waals surface area contributed by atoms with Gasteiger partial charge in [-0.1, -0.05) is 23.7 Å². The maximum atomic E-state index is 13.3. The monoisotopic (exact) mass is 464 g/mol. The number of likely N-dealkylation sites (N-methyl/N-ethyl adjacent to an activating group) is 1. The fraction of sp³-hybridized carbons (Fsp3) is 0.571. The third-order valence-corrected chi connectivity index (χ3v) is 9.19. The van der Waals surface area contributed by atoms with E-state index in [1.807, 2.05) is 11.9 Å². The first kappa shape index (κ1) is 22.1. The summed E-state index contributed by atoms with van der Waals surface area (Å²) in [6.07, 6.45) is 2.63. The Morgan fingerprint density at radius 2 is 1.97 bits per heavy atom. The first-order valence-corrected chi connectivity index (χ1v) is 12.3. The molecule has 2 heterocycles. The molecule has 10 heteroatoms. The maximum absolute atomic E-state index is 13.3. The summed E-state index contributed by atoms with van der Waals surface area (Å²) in [6, 6.07) is 6.99. The molecule has 0 spiro atoms. The second-order valence-corrected chi connectivity index (χ2v) is 11.3. The second-order valence-electron chi connectivity index (χ2n) is 8.66. The molecule has 3 atom stereocenters. The number of rotatable bonds is 5. The van der Waals surface area contributed by atoms with Crippen LogP contribution in [0.2, 0.25) is 5.02 Å². The van der Waals surface area contributed by atoms with E-state index in [0.717, 1.165) is 13.0 Å². The Morgan fingerprint density at radius 3 is 2.55 bits per heavy atom. The molecule has 2 saturated heterocycles. The lowest BCUT2D eigenvalue weighted by Crippen LogP contribution is -2.53. The summed E-state index contributed by atoms with van der Waals surface area (Å²) in [6.45, 7) is 0.703. The number of sulfone groups is 1. The summed E-state index contributed by atoms with van der Waals surface area (Å²) in [4.78, 5) is 29.7. The van der Waals surface area contributed by atoms with Gasteiger partial charge >= 0.3 is 0 Å². The van der Waals surface area contributed by atoms with E-state index < -0.39 is 32.6 Å². The number of hydrogen-bond donors (Lipinski definition) is 1. The Labute approximate surface area is 187 Å². The van der Waals surface area contributed by atoms with Crippen molar-refractivity contribution in [2.75, 3.05) is 20.1 Å². The Balaban J connectivity index is 1.63. The van der Waals surface area contributed by atoms with Crippen LogP contribution in [-0.4, -0.2) is 73.0 Å². The standard InChI is InChI=1S/C21H25ClN4O4S/c1-25-10-4-6-16(25)20(28)26-12-14(31(29,30)18-7-3-2-5-15(18)22)11-17(26)19(27)24-21(13-23)8-9-21/h2-3,5,7,14,16-17H,4,6,8-12H2,1H3,(H,24,27)/t14?,16-,17+/m0/s1. The molecule has 1 aliphatic carbocycles. The van der Waals surface area contributed by atoms with Gasteiger partial charge in [0.1, 0.15) is 11.6 Å². The molecule has 1 unspecified atom stereocenters. The van der Waals surface area contributed by atoms with E-state index >= 15 is 0 Å². The molecule has 166 valence electrons. The van der Waals surface area contributed by atoms with Crippen molar-refractivity contribution in [1.29, 1.82) is 5.26 Å². The number of likely N-dealkylation sites (tertiary alicyclic amines) is 2. The summed E-state index contributed by atoms with van der Waals surface area (Å²) >= 11 is 6.14. The fourth-order valence-electron chi connectivity index (χ4n) is 4.49. The Hall–Kier alpha value is -2.15. The minimum Gasteiger partial charge on any atom is -0.336 e. The van der Waals surface area contributed by atoms with Gasteiger partial charge in [0.2, 0.25) is 11.8 Å². The van der Waals surface area contributed by atoms with Gasteiger partial charge in [-0.2, -0.15) is 5.26 Å². The van der Waals surface area contributed by atoms with Gasteiger partial charge in [-0.25, -0.2) is 8.42 Å².